The lowest BCUT2D eigenvalue weighted by molar-refractivity contribution is -0.129. The second-order valence-electron chi connectivity index (χ2n) is 5.78. The Bertz CT molecular complexity index is 513. The quantitative estimate of drug-likeness (QED) is 0.743. The zero-order valence-electron chi connectivity index (χ0n) is 13.4. The largest absolute Gasteiger partial charge is 0.399 e. The summed E-state index contributed by atoms with van der Waals surface area (Å²) in [5.74, 6) is 0.869. The molecule has 0 unspecified atom stereocenters. The molecule has 0 saturated carbocycles. The lowest BCUT2D eigenvalue weighted by Crippen LogP contribution is -2.37. The molecule has 126 valence electrons. The summed E-state index contributed by atoms with van der Waals surface area (Å²) in [6.45, 7) is 2.34. The van der Waals surface area contributed by atoms with Gasteiger partial charge in [-0.25, -0.2) is 0 Å². The molecule has 0 atom stereocenters. The van der Waals surface area contributed by atoms with Crippen molar-refractivity contribution < 1.29 is 9.59 Å². The smallest absolute Gasteiger partial charge is 0.232 e. The second-order valence-corrected chi connectivity index (χ2v) is 6.76. The van der Waals surface area contributed by atoms with Crippen LogP contribution in [0.5, 0.6) is 0 Å². The molecule has 5 nitrogen and oxygen atoms in total. The molecule has 1 saturated heterocycles. The number of piperidine rings is 1. The van der Waals surface area contributed by atoms with Crippen molar-refractivity contribution in [2.75, 3.05) is 36.9 Å². The summed E-state index contributed by atoms with van der Waals surface area (Å²) in [4.78, 5) is 25.6. The van der Waals surface area contributed by atoms with Gasteiger partial charge in [0.1, 0.15) is 0 Å². The summed E-state index contributed by atoms with van der Waals surface area (Å²) >= 11 is 1.39. The van der Waals surface area contributed by atoms with E-state index in [4.69, 9.17) is 5.73 Å². The molecule has 2 amide bonds. The van der Waals surface area contributed by atoms with Crippen molar-refractivity contribution in [1.29, 1.82) is 0 Å². The number of likely N-dealkylation sites (tertiary alicyclic amines) is 1. The number of benzene rings is 1. The van der Waals surface area contributed by atoms with Crippen LogP contribution in [-0.4, -0.2) is 47.9 Å². The fraction of sp³-hybridized carbons (Fsp3) is 0.529. The standard InChI is InChI=1S/C17H25N3O2S/c18-15-6-4-14(5-7-15)8-9-19-16(21)12-23-13-17(22)20-10-2-1-3-11-20/h4-7H,1-3,8-13,18H2,(H,19,21). The molecule has 1 aromatic carbocycles. The van der Waals surface area contributed by atoms with E-state index in [1.165, 1.54) is 18.2 Å². The third-order valence-electron chi connectivity index (χ3n) is 3.88. The van der Waals surface area contributed by atoms with Crippen LogP contribution in [0, 0.1) is 0 Å². The van der Waals surface area contributed by atoms with Crippen molar-refractivity contribution in [3.63, 3.8) is 0 Å². The van der Waals surface area contributed by atoms with Crippen molar-refractivity contribution in [3.8, 4) is 0 Å². The minimum absolute atomic E-state index is 0.0168. The van der Waals surface area contributed by atoms with Crippen molar-refractivity contribution in [2.24, 2.45) is 0 Å². The van der Waals surface area contributed by atoms with E-state index in [0.29, 0.717) is 18.1 Å². The van der Waals surface area contributed by atoms with Crippen LogP contribution in [0.15, 0.2) is 24.3 Å². The second kappa shape index (κ2) is 9.45. The first kappa shape index (κ1) is 17.7. The fourth-order valence-electron chi connectivity index (χ4n) is 2.55. The van der Waals surface area contributed by atoms with Crippen molar-refractivity contribution in [1.82, 2.24) is 10.2 Å². The zero-order chi connectivity index (χ0) is 16.5. The van der Waals surface area contributed by atoms with E-state index in [-0.39, 0.29) is 11.8 Å². The number of nitrogen functional groups attached to an aromatic ring is 1. The molecule has 1 aliphatic rings. The van der Waals surface area contributed by atoms with Gasteiger partial charge in [0.05, 0.1) is 11.5 Å². The zero-order valence-corrected chi connectivity index (χ0v) is 14.2. The number of nitrogens with zero attached hydrogens (tertiary/aromatic N) is 1. The number of hydrogen-bond donors (Lipinski definition) is 2. The van der Waals surface area contributed by atoms with E-state index in [1.54, 1.807) is 0 Å². The monoisotopic (exact) mass is 335 g/mol. The Morgan fingerprint density at radius 3 is 2.48 bits per heavy atom. The van der Waals surface area contributed by atoms with Gasteiger partial charge in [-0.15, -0.1) is 11.8 Å². The number of nitrogens with one attached hydrogen (secondary N) is 1. The highest BCUT2D eigenvalue weighted by molar-refractivity contribution is 8.00. The van der Waals surface area contributed by atoms with Crippen LogP contribution in [0.4, 0.5) is 5.69 Å². The van der Waals surface area contributed by atoms with Crippen LogP contribution >= 0.6 is 11.8 Å². The van der Waals surface area contributed by atoms with E-state index in [0.717, 1.165) is 43.6 Å². The summed E-state index contributed by atoms with van der Waals surface area (Å²) in [5, 5.41) is 2.88. The van der Waals surface area contributed by atoms with Gasteiger partial charge in [-0.1, -0.05) is 12.1 Å². The lowest BCUT2D eigenvalue weighted by atomic mass is 10.1. The molecule has 0 spiro atoms. The van der Waals surface area contributed by atoms with Crippen LogP contribution in [0.25, 0.3) is 0 Å². The summed E-state index contributed by atoms with van der Waals surface area (Å²) in [6.07, 6.45) is 4.20. The number of carbonyl (C=O) groups excluding carboxylic acids is 2. The van der Waals surface area contributed by atoms with Gasteiger partial charge in [0, 0.05) is 25.3 Å². The molecule has 1 aliphatic heterocycles. The average Bonchev–Trinajstić information content (AvgIpc) is 2.57. The van der Waals surface area contributed by atoms with Crippen LogP contribution in [-0.2, 0) is 16.0 Å². The van der Waals surface area contributed by atoms with E-state index >= 15 is 0 Å². The molecule has 23 heavy (non-hydrogen) atoms. The Morgan fingerprint density at radius 2 is 1.78 bits per heavy atom. The molecule has 0 aromatic heterocycles. The summed E-state index contributed by atoms with van der Waals surface area (Å²) in [5.41, 5.74) is 7.52. The Labute approximate surface area is 142 Å². The maximum atomic E-state index is 12.0. The first-order chi connectivity index (χ1) is 11.1. The van der Waals surface area contributed by atoms with E-state index in [1.807, 2.05) is 29.2 Å². The number of rotatable bonds is 7. The molecule has 2 rings (SSSR count). The molecule has 1 aromatic rings. The first-order valence-corrected chi connectivity index (χ1v) is 9.27. The number of hydrogen-bond acceptors (Lipinski definition) is 4. The maximum absolute atomic E-state index is 12.0. The van der Waals surface area contributed by atoms with E-state index in [9.17, 15) is 9.59 Å². The number of nitrogens with two attached hydrogens (primary N) is 1. The molecule has 1 fully saturated rings. The van der Waals surface area contributed by atoms with Gasteiger partial charge in [-0.2, -0.15) is 0 Å². The average molecular weight is 335 g/mol. The van der Waals surface area contributed by atoms with Crippen LogP contribution in [0.1, 0.15) is 24.8 Å². The molecule has 1 heterocycles. The van der Waals surface area contributed by atoms with Crippen LogP contribution in [0.3, 0.4) is 0 Å². The van der Waals surface area contributed by atoms with Gasteiger partial charge in [0.15, 0.2) is 0 Å². The van der Waals surface area contributed by atoms with Crippen molar-refractivity contribution in [2.45, 2.75) is 25.7 Å². The Balaban J connectivity index is 1.56. The number of amides is 2. The predicted octanol–water partition coefficient (Wildman–Crippen LogP) is 1.67. The highest BCUT2D eigenvalue weighted by atomic mass is 32.2. The summed E-state index contributed by atoms with van der Waals surface area (Å²) in [7, 11) is 0. The predicted molar refractivity (Wildman–Crippen MR) is 95.3 cm³/mol. The molecule has 0 aliphatic carbocycles. The highest BCUT2D eigenvalue weighted by Crippen LogP contribution is 2.11. The Hall–Kier alpha value is -1.69. The molecular formula is C17H25N3O2S. The normalized spacial score (nSPS) is 14.5. The number of carbonyl (C=O) groups is 2. The molecule has 6 heteroatoms. The van der Waals surface area contributed by atoms with Gasteiger partial charge in [-0.05, 0) is 43.4 Å². The molecule has 0 radical (unpaired) electrons. The van der Waals surface area contributed by atoms with Crippen molar-refractivity contribution >= 4 is 29.3 Å². The van der Waals surface area contributed by atoms with Crippen LogP contribution < -0.4 is 11.1 Å². The summed E-state index contributed by atoms with van der Waals surface area (Å²) in [6, 6.07) is 7.65. The van der Waals surface area contributed by atoms with E-state index < -0.39 is 0 Å². The van der Waals surface area contributed by atoms with Gasteiger partial charge >= 0.3 is 0 Å². The lowest BCUT2D eigenvalue weighted by Gasteiger charge is -2.26. The minimum atomic E-state index is -0.0168. The highest BCUT2D eigenvalue weighted by Gasteiger charge is 2.16. The summed E-state index contributed by atoms with van der Waals surface area (Å²) < 4.78 is 0. The van der Waals surface area contributed by atoms with Gasteiger partial charge < -0.3 is 16.0 Å². The Kier molecular flexibility index (Phi) is 7.26. The molecular weight excluding hydrogens is 310 g/mol. The van der Waals surface area contributed by atoms with Gasteiger partial charge in [0.25, 0.3) is 0 Å². The van der Waals surface area contributed by atoms with Crippen LogP contribution in [0.2, 0.25) is 0 Å². The SMILES string of the molecule is Nc1ccc(CCNC(=O)CSCC(=O)N2CCCCC2)cc1. The third kappa shape index (κ3) is 6.52. The Morgan fingerprint density at radius 1 is 1.09 bits per heavy atom. The maximum Gasteiger partial charge on any atom is 0.232 e. The van der Waals surface area contributed by atoms with E-state index in [2.05, 4.69) is 5.32 Å². The van der Waals surface area contributed by atoms with Gasteiger partial charge in [0.2, 0.25) is 11.8 Å². The molecule has 3 N–H and O–H groups in total. The first-order valence-electron chi connectivity index (χ1n) is 8.12. The molecule has 0 bridgehead atoms. The fourth-order valence-corrected chi connectivity index (χ4v) is 3.29. The van der Waals surface area contributed by atoms with Gasteiger partial charge in [-0.3, -0.25) is 9.59 Å². The topological polar surface area (TPSA) is 75.4 Å². The number of thioether (sulfide) groups is 1. The third-order valence-corrected chi connectivity index (χ3v) is 4.80. The van der Waals surface area contributed by atoms with Crippen molar-refractivity contribution in [3.05, 3.63) is 29.8 Å². The number of anilines is 1. The minimum Gasteiger partial charge on any atom is -0.399 e.